The second kappa shape index (κ2) is 19.0. The van der Waals surface area contributed by atoms with E-state index in [1.807, 2.05) is 0 Å². The van der Waals surface area contributed by atoms with Crippen LogP contribution in [0.1, 0.15) is 120 Å². The standard InChI is InChI=1S/C15H31NO.C12H21NO3.C10H15NO3.H2/c1-6-12(7-2)13-8-14(3,4)10-15(5,9-13)11-16-17;1-15-7-6-13-9-16-8-10-4-2-3-5-11(10)12(13)14;12-6-5-11-9(13)7-3-1-2-4-8(7)10(11)14;/h12-13,16-17H,6-11H2,1-5H3;10-11H,2-9H2,1H3;7-8,12H,1-6H2;1H. The molecule has 5 aliphatic rings. The van der Waals surface area contributed by atoms with Crippen LogP contribution in [0, 0.1) is 46.3 Å². The van der Waals surface area contributed by atoms with Crippen molar-refractivity contribution in [2.75, 3.05) is 53.3 Å². The first-order valence-electron chi connectivity index (χ1n) is 18.6. The van der Waals surface area contributed by atoms with Crippen LogP contribution in [0.25, 0.3) is 0 Å². The Morgan fingerprint density at radius 3 is 2.06 bits per heavy atom. The number of nitrogens with zero attached hydrogens (tertiary/aromatic N) is 2. The number of β-amino-alcohol motifs (C(OH)–C–C–N with tert-alkyl or cyclic N) is 1. The van der Waals surface area contributed by atoms with Crippen molar-refractivity contribution in [1.82, 2.24) is 15.3 Å². The third-order valence-corrected chi connectivity index (χ3v) is 11.6. The molecule has 0 spiro atoms. The van der Waals surface area contributed by atoms with Crippen LogP contribution in [0.5, 0.6) is 0 Å². The quantitative estimate of drug-likeness (QED) is 0.194. The summed E-state index contributed by atoms with van der Waals surface area (Å²) < 4.78 is 10.6. The lowest BCUT2D eigenvalue weighted by Crippen LogP contribution is -2.43. The lowest BCUT2D eigenvalue weighted by molar-refractivity contribution is -0.141. The number of hydrogen-bond donors (Lipinski definition) is 3. The van der Waals surface area contributed by atoms with E-state index in [2.05, 4.69) is 40.1 Å². The number of rotatable bonds is 10. The summed E-state index contributed by atoms with van der Waals surface area (Å²) in [5.74, 6) is 2.33. The largest absolute Gasteiger partial charge is 0.395 e. The van der Waals surface area contributed by atoms with Crippen molar-refractivity contribution >= 4 is 17.7 Å². The van der Waals surface area contributed by atoms with Crippen molar-refractivity contribution in [2.45, 2.75) is 118 Å². The molecule has 47 heavy (non-hydrogen) atoms. The molecule has 3 saturated carbocycles. The van der Waals surface area contributed by atoms with E-state index < -0.39 is 0 Å². The van der Waals surface area contributed by atoms with E-state index in [0.717, 1.165) is 63.5 Å². The number of fused-ring (bicyclic) bond motifs is 2. The summed E-state index contributed by atoms with van der Waals surface area (Å²) in [5.41, 5.74) is 3.08. The Balaban J connectivity index is 0.000000248. The van der Waals surface area contributed by atoms with Gasteiger partial charge >= 0.3 is 0 Å². The number of ether oxygens (including phenoxy) is 2. The van der Waals surface area contributed by atoms with Crippen molar-refractivity contribution in [3.63, 3.8) is 0 Å². The third kappa shape index (κ3) is 10.9. The number of methoxy groups -OCH3 is 1. The van der Waals surface area contributed by atoms with Gasteiger partial charge in [0.1, 0.15) is 6.73 Å². The smallest absolute Gasteiger partial charge is 0.233 e. The molecule has 2 aliphatic heterocycles. The van der Waals surface area contributed by atoms with Crippen LogP contribution < -0.4 is 5.48 Å². The number of aliphatic hydroxyl groups is 1. The number of nitrogens with one attached hydrogen (secondary N) is 1. The van der Waals surface area contributed by atoms with Crippen molar-refractivity contribution in [2.24, 2.45) is 46.3 Å². The second-order valence-corrected chi connectivity index (χ2v) is 16.0. The van der Waals surface area contributed by atoms with Gasteiger partial charge in [0.25, 0.3) is 0 Å². The highest BCUT2D eigenvalue weighted by molar-refractivity contribution is 6.05. The predicted molar refractivity (Wildman–Crippen MR) is 184 cm³/mol. The normalized spacial score (nSPS) is 32.1. The maximum Gasteiger partial charge on any atom is 0.233 e. The summed E-state index contributed by atoms with van der Waals surface area (Å²) >= 11 is 0. The number of hydroxylamine groups is 1. The number of carbonyl (C=O) groups excluding carboxylic acids is 3. The molecule has 2 heterocycles. The average Bonchev–Trinajstić information content (AvgIpc) is 3.16. The average molecular weight is 668 g/mol. The van der Waals surface area contributed by atoms with Gasteiger partial charge in [0.15, 0.2) is 0 Å². The van der Waals surface area contributed by atoms with E-state index in [1.54, 1.807) is 12.0 Å². The topological polar surface area (TPSA) is 129 Å². The lowest BCUT2D eigenvalue weighted by Gasteiger charge is -2.48. The van der Waals surface area contributed by atoms with Crippen molar-refractivity contribution < 1.29 is 35.6 Å². The molecule has 3 aliphatic carbocycles. The lowest BCUT2D eigenvalue weighted by atomic mass is 9.58. The number of likely N-dealkylation sites (tertiary alicyclic amines) is 1. The maximum absolute atomic E-state index is 12.3. The second-order valence-electron chi connectivity index (χ2n) is 16.0. The summed E-state index contributed by atoms with van der Waals surface area (Å²) in [7, 11) is 1.66. The van der Waals surface area contributed by atoms with Crippen LogP contribution in [-0.2, 0) is 23.9 Å². The van der Waals surface area contributed by atoms with Gasteiger partial charge in [-0.3, -0.25) is 19.3 Å². The Bertz CT molecular complexity index is 972. The van der Waals surface area contributed by atoms with E-state index in [0.29, 0.717) is 31.2 Å². The molecule has 0 aromatic heterocycles. The fourth-order valence-corrected chi connectivity index (χ4v) is 9.60. The molecule has 0 aromatic rings. The Hall–Kier alpha value is -1.59. The van der Waals surface area contributed by atoms with E-state index >= 15 is 0 Å². The van der Waals surface area contributed by atoms with E-state index in [9.17, 15) is 14.4 Å². The van der Waals surface area contributed by atoms with Gasteiger partial charge in [-0.15, -0.1) is 0 Å². The molecule has 0 bridgehead atoms. The number of aliphatic hydroxyl groups excluding tert-OH is 1. The number of imide groups is 1. The van der Waals surface area contributed by atoms with Crippen LogP contribution in [0.15, 0.2) is 0 Å². The van der Waals surface area contributed by atoms with Crippen molar-refractivity contribution in [3.8, 4) is 0 Å². The Labute approximate surface area is 286 Å². The SMILES string of the molecule is CCC(CC)C1CC(C)(C)CC(C)(CNO)C1.COCCN1COCC2CCCCC2C1=O.O=C1C2CCCCC2C(=O)N1CCO.[HH]. The fraction of sp³-hybridized carbons (Fsp3) is 0.919. The highest BCUT2D eigenvalue weighted by Crippen LogP contribution is 2.51. The number of hydrogen-bond acceptors (Lipinski definition) is 8. The molecule has 5 rings (SSSR count). The zero-order valence-corrected chi connectivity index (χ0v) is 30.4. The first-order valence-corrected chi connectivity index (χ1v) is 18.6. The molecule has 6 atom stereocenters. The van der Waals surface area contributed by atoms with Gasteiger partial charge in [0.05, 0.1) is 38.2 Å². The fourth-order valence-electron chi connectivity index (χ4n) is 9.60. The number of amides is 3. The van der Waals surface area contributed by atoms with Gasteiger partial charge in [-0.25, -0.2) is 5.48 Å². The first kappa shape index (κ1) is 39.8. The minimum atomic E-state index is -0.128. The Morgan fingerprint density at radius 1 is 0.915 bits per heavy atom. The molecule has 3 amide bonds. The van der Waals surface area contributed by atoms with Crippen LogP contribution >= 0.6 is 0 Å². The highest BCUT2D eigenvalue weighted by Gasteiger charge is 2.47. The number of carbonyl (C=O) groups is 3. The van der Waals surface area contributed by atoms with Crippen LogP contribution in [0.4, 0.5) is 0 Å². The molecular weight excluding hydrogens is 598 g/mol. The van der Waals surface area contributed by atoms with Gasteiger partial charge in [0, 0.05) is 27.5 Å². The van der Waals surface area contributed by atoms with Crippen molar-refractivity contribution in [3.05, 3.63) is 0 Å². The van der Waals surface area contributed by atoms with Crippen molar-refractivity contribution in [1.29, 1.82) is 0 Å². The summed E-state index contributed by atoms with van der Waals surface area (Å²) in [6.45, 7) is 14.9. The van der Waals surface area contributed by atoms with E-state index in [1.165, 1.54) is 49.8 Å². The molecule has 6 unspecified atom stereocenters. The Morgan fingerprint density at radius 2 is 1.51 bits per heavy atom. The van der Waals surface area contributed by atoms with Gasteiger partial charge in [-0.2, -0.15) is 0 Å². The van der Waals surface area contributed by atoms with Crippen LogP contribution in [0.2, 0.25) is 0 Å². The van der Waals surface area contributed by atoms with E-state index in [4.69, 9.17) is 19.8 Å². The van der Waals surface area contributed by atoms with Gasteiger partial charge in [-0.05, 0) is 73.5 Å². The highest BCUT2D eigenvalue weighted by atomic mass is 16.5. The predicted octanol–water partition coefficient (Wildman–Crippen LogP) is 5.89. The zero-order chi connectivity index (χ0) is 34.6. The van der Waals surface area contributed by atoms with Crippen LogP contribution in [0.3, 0.4) is 0 Å². The van der Waals surface area contributed by atoms with Crippen LogP contribution in [-0.4, -0.2) is 91.1 Å². The molecule has 0 aromatic carbocycles. The molecule has 3 N–H and O–H groups in total. The van der Waals surface area contributed by atoms with E-state index in [-0.39, 0.29) is 55.5 Å². The maximum atomic E-state index is 12.3. The molecule has 2 saturated heterocycles. The monoisotopic (exact) mass is 668 g/mol. The molecule has 274 valence electrons. The summed E-state index contributed by atoms with van der Waals surface area (Å²) in [5, 5.41) is 17.8. The third-order valence-electron chi connectivity index (χ3n) is 11.6. The summed E-state index contributed by atoms with van der Waals surface area (Å²) in [6.07, 6.45) is 14.8. The minimum absolute atomic E-state index is 0. The van der Waals surface area contributed by atoms with Gasteiger partial charge in [0.2, 0.25) is 17.7 Å². The molecule has 10 nitrogen and oxygen atoms in total. The van der Waals surface area contributed by atoms with Gasteiger partial charge in [-0.1, -0.05) is 73.1 Å². The Kier molecular flexibility index (Phi) is 16.1. The minimum Gasteiger partial charge on any atom is -0.395 e. The molecule has 10 heteroatoms. The molecule has 5 fully saturated rings. The summed E-state index contributed by atoms with van der Waals surface area (Å²) in [6, 6.07) is 0. The zero-order valence-electron chi connectivity index (χ0n) is 30.4. The molecule has 0 radical (unpaired) electrons. The molecular formula is C37H69N3O7. The van der Waals surface area contributed by atoms with Gasteiger partial charge < -0.3 is 24.7 Å². The first-order chi connectivity index (χ1) is 22.4. The summed E-state index contributed by atoms with van der Waals surface area (Å²) in [4.78, 5) is 38.8.